The molecule has 0 aromatic rings. The van der Waals surface area contributed by atoms with E-state index in [0.717, 1.165) is 38.5 Å². The molecular formula is C36H75NaO12PbS3. The second-order valence-corrected chi connectivity index (χ2v) is 16.4. The standard InChI is InChI=1S/3C12H26O4S.Na.Pb/c3*1-2-3-4-5-6-7-8-9-10-11-12-16-17(13,14)15;;/h3*2-12H2,1H3,(H,13,14,15);;/q;;;+1;+2/p-3. The van der Waals surface area contributed by atoms with Crippen LogP contribution in [-0.4, -0.2) is 86.0 Å². The zero-order valence-corrected chi connectivity index (χ0v) is 42.3. The second-order valence-electron chi connectivity index (χ2n) is 13.2. The van der Waals surface area contributed by atoms with Crippen molar-refractivity contribution in [3.05, 3.63) is 0 Å². The van der Waals surface area contributed by atoms with E-state index in [-0.39, 0.29) is 76.7 Å². The summed E-state index contributed by atoms with van der Waals surface area (Å²) in [5.41, 5.74) is 0. The largest absolute Gasteiger partial charge is 2.00 e. The molecule has 0 aliphatic heterocycles. The van der Waals surface area contributed by atoms with Crippen LogP contribution in [0.2, 0.25) is 0 Å². The van der Waals surface area contributed by atoms with Crippen LogP contribution in [0.5, 0.6) is 0 Å². The molecule has 0 rings (SSSR count). The molecule has 0 bridgehead atoms. The van der Waals surface area contributed by atoms with Gasteiger partial charge in [0.1, 0.15) is 0 Å². The van der Waals surface area contributed by atoms with E-state index < -0.39 is 31.2 Å². The normalized spacial score (nSPS) is 11.4. The monoisotopic (exact) mass is 1030 g/mol. The molecule has 0 aromatic carbocycles. The molecule has 0 heterocycles. The molecule has 0 saturated heterocycles. The van der Waals surface area contributed by atoms with Crippen molar-refractivity contribution in [2.45, 2.75) is 213 Å². The number of rotatable bonds is 36. The summed E-state index contributed by atoms with van der Waals surface area (Å²) in [6.45, 7) is 6.73. The van der Waals surface area contributed by atoms with Crippen molar-refractivity contribution in [2.24, 2.45) is 0 Å². The molecule has 0 aliphatic carbocycles. The van der Waals surface area contributed by atoms with E-state index in [1.165, 1.54) is 135 Å². The van der Waals surface area contributed by atoms with Crippen molar-refractivity contribution in [1.82, 2.24) is 0 Å². The van der Waals surface area contributed by atoms with E-state index in [1.54, 1.807) is 0 Å². The number of hydrogen-bond acceptors (Lipinski definition) is 12. The Morgan fingerprint density at radius 3 is 0.566 bits per heavy atom. The Hall–Kier alpha value is 1.53. The predicted octanol–water partition coefficient (Wildman–Crippen LogP) is 6.78. The van der Waals surface area contributed by atoms with Crippen molar-refractivity contribution < 1.29 is 81.0 Å². The van der Waals surface area contributed by atoms with Crippen molar-refractivity contribution in [2.75, 3.05) is 19.8 Å². The van der Waals surface area contributed by atoms with Crippen LogP contribution in [0, 0.1) is 0 Å². The quantitative estimate of drug-likeness (QED) is 0.0277. The van der Waals surface area contributed by atoms with E-state index >= 15 is 0 Å². The van der Waals surface area contributed by atoms with Crippen molar-refractivity contribution in [1.29, 1.82) is 0 Å². The molecule has 0 atom stereocenters. The van der Waals surface area contributed by atoms with Gasteiger partial charge in [0, 0.05) is 0 Å². The van der Waals surface area contributed by atoms with Crippen LogP contribution in [0.1, 0.15) is 213 Å². The molecule has 17 heteroatoms. The molecule has 0 saturated carbocycles. The summed E-state index contributed by atoms with van der Waals surface area (Å²) >= 11 is 0. The summed E-state index contributed by atoms with van der Waals surface area (Å²) in [5, 5.41) is 0. The average molecular weight is 1030 g/mol. The second kappa shape index (κ2) is 47.9. The maximum Gasteiger partial charge on any atom is 2.00 e. The van der Waals surface area contributed by atoms with Gasteiger partial charge in [-0.25, -0.2) is 25.3 Å². The van der Waals surface area contributed by atoms with Crippen molar-refractivity contribution in [3.63, 3.8) is 0 Å². The molecule has 0 spiro atoms. The van der Waals surface area contributed by atoms with Gasteiger partial charge in [-0.1, -0.05) is 194 Å². The SMILES string of the molecule is CCCCCCCCCCCCOS(=O)(=O)[O-].CCCCCCCCCCCCOS(=O)(=O)[O-].CCCCCCCCCCCCOS(=O)(=O)[O-].[Na+].[Pb+2]. The predicted molar refractivity (Wildman–Crippen MR) is 208 cm³/mol. The van der Waals surface area contributed by atoms with Gasteiger partial charge in [-0.2, -0.15) is 0 Å². The van der Waals surface area contributed by atoms with Gasteiger partial charge < -0.3 is 13.7 Å². The Kier molecular flexibility index (Phi) is 57.6. The van der Waals surface area contributed by atoms with E-state index in [0.29, 0.717) is 19.3 Å². The Bertz CT molecular complexity index is 890. The topological polar surface area (TPSA) is 199 Å². The van der Waals surface area contributed by atoms with Crippen LogP contribution in [0.15, 0.2) is 0 Å². The van der Waals surface area contributed by atoms with E-state index in [4.69, 9.17) is 0 Å². The van der Waals surface area contributed by atoms with Crippen LogP contribution < -0.4 is 29.6 Å². The van der Waals surface area contributed by atoms with Crippen LogP contribution in [0.25, 0.3) is 0 Å². The van der Waals surface area contributed by atoms with Gasteiger partial charge in [-0.05, 0) is 19.3 Å². The molecule has 0 aliphatic rings. The Balaban J connectivity index is -0.000000213. The first-order chi connectivity index (χ1) is 24.2. The third-order valence-corrected chi connectivity index (χ3v) is 9.54. The molecular weight excluding hydrogens is 951 g/mol. The van der Waals surface area contributed by atoms with E-state index in [1.807, 2.05) is 0 Å². The fourth-order valence-corrected chi connectivity index (χ4v) is 6.22. The summed E-state index contributed by atoms with van der Waals surface area (Å²) < 4.78 is 103. The van der Waals surface area contributed by atoms with Crippen LogP contribution in [-0.2, 0) is 43.7 Å². The maximum absolute atomic E-state index is 10.1. The van der Waals surface area contributed by atoms with Gasteiger partial charge in [-0.3, -0.25) is 12.5 Å². The van der Waals surface area contributed by atoms with Gasteiger partial charge in [0.2, 0.25) is 31.2 Å². The van der Waals surface area contributed by atoms with Gasteiger partial charge in [0.25, 0.3) is 0 Å². The van der Waals surface area contributed by atoms with Crippen molar-refractivity contribution in [3.8, 4) is 0 Å². The molecule has 0 aromatic heterocycles. The Morgan fingerprint density at radius 2 is 0.434 bits per heavy atom. The van der Waals surface area contributed by atoms with Crippen LogP contribution >= 0.6 is 0 Å². The third kappa shape index (κ3) is 75.0. The molecule has 2 radical (unpaired) electrons. The molecule has 53 heavy (non-hydrogen) atoms. The molecule has 0 fully saturated rings. The first-order valence-corrected chi connectivity index (χ1v) is 24.0. The average Bonchev–Trinajstić information content (AvgIpc) is 3.04. The minimum absolute atomic E-state index is 0. The zero-order chi connectivity index (χ0) is 39.0. The third-order valence-electron chi connectivity index (χ3n) is 8.18. The van der Waals surface area contributed by atoms with Crippen LogP contribution in [0.4, 0.5) is 0 Å². The fraction of sp³-hybridized carbons (Fsp3) is 1.00. The van der Waals surface area contributed by atoms with Crippen LogP contribution in [0.3, 0.4) is 0 Å². The summed E-state index contributed by atoms with van der Waals surface area (Å²) in [4.78, 5) is 0. The molecule has 12 nitrogen and oxygen atoms in total. The number of hydrogen-bond donors (Lipinski definition) is 0. The van der Waals surface area contributed by atoms with E-state index in [9.17, 15) is 38.9 Å². The smallest absolute Gasteiger partial charge is 0.726 e. The van der Waals surface area contributed by atoms with Gasteiger partial charge in [0.15, 0.2) is 0 Å². The minimum Gasteiger partial charge on any atom is -0.726 e. The first-order valence-electron chi connectivity index (χ1n) is 20.0. The molecule has 0 N–H and O–H groups in total. The summed E-state index contributed by atoms with van der Waals surface area (Å²) in [7, 11) is -13.5. The minimum atomic E-state index is -4.48. The molecule has 314 valence electrons. The molecule has 0 unspecified atom stereocenters. The maximum atomic E-state index is 10.1. The number of unbranched alkanes of at least 4 members (excludes halogenated alkanes) is 27. The van der Waals surface area contributed by atoms with Gasteiger partial charge >= 0.3 is 56.9 Å². The fourth-order valence-electron chi connectivity index (χ4n) is 5.25. The summed E-state index contributed by atoms with van der Waals surface area (Å²) in [6, 6.07) is 0. The summed E-state index contributed by atoms with van der Waals surface area (Å²) in [5.74, 6) is 0. The summed E-state index contributed by atoms with van der Waals surface area (Å²) in [6.07, 6.45) is 35.1. The van der Waals surface area contributed by atoms with Crippen molar-refractivity contribution >= 4 is 58.5 Å². The Morgan fingerprint density at radius 1 is 0.302 bits per heavy atom. The van der Waals surface area contributed by atoms with Gasteiger partial charge in [0.05, 0.1) is 19.8 Å². The van der Waals surface area contributed by atoms with E-state index in [2.05, 4.69) is 33.3 Å². The zero-order valence-electron chi connectivity index (χ0n) is 34.0. The van der Waals surface area contributed by atoms with Gasteiger partial charge in [-0.15, -0.1) is 0 Å². The molecule has 0 amide bonds. The first kappa shape index (κ1) is 63.7. The Labute approximate surface area is 369 Å².